The lowest BCUT2D eigenvalue weighted by atomic mass is 10.0. The molecule has 1 heterocycles. The maximum absolute atomic E-state index is 12.3. The highest BCUT2D eigenvalue weighted by atomic mass is 16.4. The van der Waals surface area contributed by atoms with Gasteiger partial charge in [0, 0.05) is 23.3 Å². The first-order valence-corrected chi connectivity index (χ1v) is 6.37. The highest BCUT2D eigenvalue weighted by Gasteiger charge is 2.24. The predicted molar refractivity (Wildman–Crippen MR) is 75.5 cm³/mol. The Kier molecular flexibility index (Phi) is 3.98. The standard InChI is InChI=1S/C15H16N2O3/c1-9(2)13(15(19)20)17-14(18)12-5-3-4-10-8-16-7-6-11(10)12/h3-9,13H,1-2H3,(H,17,18)(H,19,20)/t13-/m0/s1. The van der Waals surface area contributed by atoms with Crippen LogP contribution < -0.4 is 5.32 Å². The molecule has 20 heavy (non-hydrogen) atoms. The maximum Gasteiger partial charge on any atom is 0.326 e. The fourth-order valence-electron chi connectivity index (χ4n) is 2.05. The molecule has 5 nitrogen and oxygen atoms in total. The zero-order valence-corrected chi connectivity index (χ0v) is 11.3. The van der Waals surface area contributed by atoms with E-state index in [1.807, 2.05) is 6.07 Å². The number of nitrogens with zero attached hydrogens (tertiary/aromatic N) is 1. The van der Waals surface area contributed by atoms with Gasteiger partial charge < -0.3 is 10.4 Å². The number of amides is 1. The monoisotopic (exact) mass is 272 g/mol. The predicted octanol–water partition coefficient (Wildman–Crippen LogP) is 2.07. The molecule has 0 saturated carbocycles. The van der Waals surface area contributed by atoms with Crippen LogP contribution in [0.15, 0.2) is 36.7 Å². The van der Waals surface area contributed by atoms with Gasteiger partial charge in [0.05, 0.1) is 0 Å². The molecule has 0 aliphatic rings. The Morgan fingerprint density at radius 3 is 2.65 bits per heavy atom. The Balaban J connectivity index is 2.34. The lowest BCUT2D eigenvalue weighted by molar-refractivity contribution is -0.140. The zero-order valence-electron chi connectivity index (χ0n) is 11.3. The van der Waals surface area contributed by atoms with Gasteiger partial charge in [-0.25, -0.2) is 4.79 Å². The van der Waals surface area contributed by atoms with Crippen LogP contribution in [0.1, 0.15) is 24.2 Å². The Hall–Kier alpha value is -2.43. The number of hydrogen-bond acceptors (Lipinski definition) is 3. The van der Waals surface area contributed by atoms with Gasteiger partial charge >= 0.3 is 5.97 Å². The van der Waals surface area contributed by atoms with Gasteiger partial charge in [-0.15, -0.1) is 0 Å². The summed E-state index contributed by atoms with van der Waals surface area (Å²) >= 11 is 0. The van der Waals surface area contributed by atoms with E-state index in [1.165, 1.54) is 0 Å². The summed E-state index contributed by atoms with van der Waals surface area (Å²) in [4.78, 5) is 27.4. The van der Waals surface area contributed by atoms with Crippen LogP contribution in [-0.2, 0) is 4.79 Å². The van der Waals surface area contributed by atoms with Crippen molar-refractivity contribution in [2.45, 2.75) is 19.9 Å². The lowest BCUT2D eigenvalue weighted by Gasteiger charge is -2.18. The minimum atomic E-state index is -1.03. The number of nitrogens with one attached hydrogen (secondary N) is 1. The number of carbonyl (C=O) groups is 2. The molecule has 1 aromatic heterocycles. The molecule has 1 aromatic carbocycles. The largest absolute Gasteiger partial charge is 0.480 e. The van der Waals surface area contributed by atoms with Crippen molar-refractivity contribution in [1.82, 2.24) is 10.3 Å². The highest BCUT2D eigenvalue weighted by molar-refractivity contribution is 6.07. The number of carboxylic acid groups (broad SMARTS) is 1. The number of carbonyl (C=O) groups excluding carboxylic acids is 1. The fourth-order valence-corrected chi connectivity index (χ4v) is 2.05. The number of carboxylic acids is 1. The summed E-state index contributed by atoms with van der Waals surface area (Å²) in [6, 6.07) is 6.13. The number of benzene rings is 1. The van der Waals surface area contributed by atoms with Crippen LogP contribution in [0.25, 0.3) is 10.8 Å². The van der Waals surface area contributed by atoms with Gasteiger partial charge in [-0.05, 0) is 23.4 Å². The molecule has 0 fully saturated rings. The van der Waals surface area contributed by atoms with Crippen LogP contribution in [0, 0.1) is 5.92 Å². The van der Waals surface area contributed by atoms with E-state index < -0.39 is 12.0 Å². The third kappa shape index (κ3) is 2.77. The Bertz CT molecular complexity index is 647. The van der Waals surface area contributed by atoms with E-state index in [9.17, 15) is 9.59 Å². The molecular weight excluding hydrogens is 256 g/mol. The van der Waals surface area contributed by atoms with Crippen LogP contribution in [0.3, 0.4) is 0 Å². The number of fused-ring (bicyclic) bond motifs is 1. The van der Waals surface area contributed by atoms with Crippen LogP contribution in [0.2, 0.25) is 0 Å². The van der Waals surface area contributed by atoms with Gasteiger partial charge in [-0.1, -0.05) is 26.0 Å². The van der Waals surface area contributed by atoms with Crippen molar-refractivity contribution in [3.63, 3.8) is 0 Å². The van der Waals surface area contributed by atoms with Gasteiger partial charge in [0.1, 0.15) is 6.04 Å². The average Bonchev–Trinajstić information content (AvgIpc) is 2.43. The molecule has 0 aliphatic carbocycles. The quantitative estimate of drug-likeness (QED) is 0.893. The normalized spacial score (nSPS) is 12.3. The van der Waals surface area contributed by atoms with Crippen molar-refractivity contribution in [3.05, 3.63) is 42.2 Å². The highest BCUT2D eigenvalue weighted by Crippen LogP contribution is 2.17. The summed E-state index contributed by atoms with van der Waals surface area (Å²) in [6.45, 7) is 3.51. The second-order valence-corrected chi connectivity index (χ2v) is 4.94. The number of rotatable bonds is 4. The number of aromatic nitrogens is 1. The molecule has 0 aliphatic heterocycles. The van der Waals surface area contributed by atoms with Gasteiger partial charge in [-0.2, -0.15) is 0 Å². The molecule has 0 unspecified atom stereocenters. The van der Waals surface area contributed by atoms with E-state index in [0.29, 0.717) is 5.56 Å². The third-order valence-electron chi connectivity index (χ3n) is 3.14. The van der Waals surface area contributed by atoms with E-state index in [0.717, 1.165) is 10.8 Å². The molecule has 1 amide bonds. The smallest absolute Gasteiger partial charge is 0.326 e. The minimum absolute atomic E-state index is 0.187. The van der Waals surface area contributed by atoms with Crippen molar-refractivity contribution < 1.29 is 14.7 Å². The minimum Gasteiger partial charge on any atom is -0.480 e. The zero-order chi connectivity index (χ0) is 14.7. The van der Waals surface area contributed by atoms with Crippen LogP contribution in [0.5, 0.6) is 0 Å². The topological polar surface area (TPSA) is 79.3 Å². The maximum atomic E-state index is 12.3. The summed E-state index contributed by atoms with van der Waals surface area (Å²) in [7, 11) is 0. The molecule has 2 rings (SSSR count). The fraction of sp³-hybridized carbons (Fsp3) is 0.267. The first kappa shape index (κ1) is 14.0. The molecule has 5 heteroatoms. The molecule has 0 radical (unpaired) electrons. The summed E-state index contributed by atoms with van der Waals surface area (Å²) in [6.07, 6.45) is 3.28. The van der Waals surface area contributed by atoms with Crippen molar-refractivity contribution in [1.29, 1.82) is 0 Å². The molecule has 0 spiro atoms. The van der Waals surface area contributed by atoms with Crippen molar-refractivity contribution in [2.75, 3.05) is 0 Å². The Labute approximate surface area is 116 Å². The van der Waals surface area contributed by atoms with E-state index in [1.54, 1.807) is 44.4 Å². The van der Waals surface area contributed by atoms with Gasteiger partial charge in [0.2, 0.25) is 0 Å². The lowest BCUT2D eigenvalue weighted by Crippen LogP contribution is -2.44. The summed E-state index contributed by atoms with van der Waals surface area (Å²) < 4.78 is 0. The first-order chi connectivity index (χ1) is 9.50. The molecule has 1 atom stereocenters. The number of pyridine rings is 1. The summed E-state index contributed by atoms with van der Waals surface area (Å²) in [5.74, 6) is -1.61. The first-order valence-electron chi connectivity index (χ1n) is 6.37. The van der Waals surface area contributed by atoms with Gasteiger partial charge in [-0.3, -0.25) is 9.78 Å². The van der Waals surface area contributed by atoms with E-state index in [-0.39, 0.29) is 11.8 Å². The van der Waals surface area contributed by atoms with Crippen LogP contribution in [-0.4, -0.2) is 28.0 Å². The molecule has 104 valence electrons. The van der Waals surface area contributed by atoms with Crippen LogP contribution in [0.4, 0.5) is 0 Å². The Morgan fingerprint density at radius 1 is 1.25 bits per heavy atom. The van der Waals surface area contributed by atoms with Gasteiger partial charge in [0.25, 0.3) is 5.91 Å². The SMILES string of the molecule is CC(C)[C@H](NC(=O)c1cccc2cnccc12)C(=O)O. The van der Waals surface area contributed by atoms with Gasteiger partial charge in [0.15, 0.2) is 0 Å². The second-order valence-electron chi connectivity index (χ2n) is 4.94. The summed E-state index contributed by atoms with van der Waals surface area (Å²) in [5, 5.41) is 13.3. The van der Waals surface area contributed by atoms with Crippen molar-refractivity contribution in [3.8, 4) is 0 Å². The van der Waals surface area contributed by atoms with Crippen molar-refractivity contribution >= 4 is 22.6 Å². The molecule has 2 N–H and O–H groups in total. The van der Waals surface area contributed by atoms with Crippen LogP contribution >= 0.6 is 0 Å². The van der Waals surface area contributed by atoms with E-state index in [2.05, 4.69) is 10.3 Å². The third-order valence-corrected chi connectivity index (χ3v) is 3.14. The van der Waals surface area contributed by atoms with E-state index >= 15 is 0 Å². The summed E-state index contributed by atoms with van der Waals surface area (Å²) in [5.41, 5.74) is 0.455. The molecule has 2 aromatic rings. The molecule has 0 bridgehead atoms. The molecular formula is C15H16N2O3. The van der Waals surface area contributed by atoms with Crippen molar-refractivity contribution in [2.24, 2.45) is 5.92 Å². The number of hydrogen-bond donors (Lipinski definition) is 2. The second kappa shape index (κ2) is 5.69. The Morgan fingerprint density at radius 2 is 2.00 bits per heavy atom. The van der Waals surface area contributed by atoms with E-state index in [4.69, 9.17) is 5.11 Å². The molecule has 0 saturated heterocycles. The number of aliphatic carboxylic acids is 1. The average molecular weight is 272 g/mol.